The van der Waals surface area contributed by atoms with Crippen LogP contribution in [0.5, 0.6) is 0 Å². The van der Waals surface area contributed by atoms with Gasteiger partial charge in [-0.15, -0.1) is 0 Å². The molecule has 0 saturated carbocycles. The number of fused-ring (bicyclic) bond motifs is 2. The highest BCUT2D eigenvalue weighted by Crippen LogP contribution is 2.57. The van der Waals surface area contributed by atoms with Gasteiger partial charge in [0.2, 0.25) is 11.8 Å². The number of hydrogen-bond donors (Lipinski definition) is 5. The lowest BCUT2D eigenvalue weighted by atomic mass is 9.62. The molecule has 0 unspecified atom stereocenters. The van der Waals surface area contributed by atoms with Gasteiger partial charge in [-0.2, -0.15) is 0 Å². The third kappa shape index (κ3) is 5.10. The molecule has 4 rings (SSSR count). The van der Waals surface area contributed by atoms with Crippen LogP contribution in [0.3, 0.4) is 0 Å². The molecular formula is C27H32Cl2FN3O4. The van der Waals surface area contributed by atoms with Crippen molar-refractivity contribution in [1.82, 2.24) is 10.6 Å². The monoisotopic (exact) mass is 551 g/mol. The van der Waals surface area contributed by atoms with E-state index in [-0.39, 0.29) is 34.9 Å². The lowest BCUT2D eigenvalue weighted by Gasteiger charge is -2.37. The number of aliphatic hydroxyl groups excluding tert-OH is 2. The van der Waals surface area contributed by atoms with Crippen molar-refractivity contribution >= 4 is 40.7 Å². The van der Waals surface area contributed by atoms with Crippen molar-refractivity contribution in [2.45, 2.75) is 63.1 Å². The molecular weight excluding hydrogens is 520 g/mol. The van der Waals surface area contributed by atoms with Gasteiger partial charge in [0, 0.05) is 29.2 Å². The molecule has 2 amide bonds. The van der Waals surface area contributed by atoms with Crippen LogP contribution in [0.25, 0.3) is 0 Å². The van der Waals surface area contributed by atoms with Crippen LogP contribution < -0.4 is 16.0 Å². The van der Waals surface area contributed by atoms with E-state index in [0.717, 1.165) is 0 Å². The van der Waals surface area contributed by atoms with Gasteiger partial charge in [-0.25, -0.2) is 4.39 Å². The Morgan fingerprint density at radius 3 is 2.65 bits per heavy atom. The van der Waals surface area contributed by atoms with Gasteiger partial charge in [0.25, 0.3) is 0 Å². The third-order valence-corrected chi connectivity index (χ3v) is 7.74. The molecule has 10 heteroatoms. The van der Waals surface area contributed by atoms with Crippen molar-refractivity contribution in [1.29, 1.82) is 0 Å². The SMILES string of the molecule is CC(C)(C)C[C@H]1N[C@@H](C(=O)NCC[C@H](O)CO)[C@H](c2cccc(Cl)c2F)[C@]12C(=O)Nc1cc(Cl)ccc12. The predicted molar refractivity (Wildman–Crippen MR) is 141 cm³/mol. The van der Waals surface area contributed by atoms with Gasteiger partial charge in [-0.1, -0.05) is 62.2 Å². The number of nitrogens with one attached hydrogen (secondary N) is 3. The highest BCUT2D eigenvalue weighted by atomic mass is 35.5. The van der Waals surface area contributed by atoms with E-state index < -0.39 is 47.9 Å². The van der Waals surface area contributed by atoms with Crippen LogP contribution in [0.1, 0.15) is 50.7 Å². The van der Waals surface area contributed by atoms with Crippen molar-refractivity contribution < 1.29 is 24.2 Å². The Bertz CT molecular complexity index is 1200. The average Bonchev–Trinajstić information content (AvgIpc) is 3.29. The first-order chi connectivity index (χ1) is 17.4. The molecule has 37 heavy (non-hydrogen) atoms. The Kier molecular flexibility index (Phi) is 7.89. The summed E-state index contributed by atoms with van der Waals surface area (Å²) in [5.74, 6) is -2.42. The maximum atomic E-state index is 15.7. The molecule has 2 heterocycles. The van der Waals surface area contributed by atoms with Gasteiger partial charge in [0.1, 0.15) is 11.2 Å². The molecule has 2 aliphatic heterocycles. The Morgan fingerprint density at radius 2 is 1.97 bits per heavy atom. The Balaban J connectivity index is 1.90. The van der Waals surface area contributed by atoms with Crippen LogP contribution in [0.15, 0.2) is 36.4 Å². The van der Waals surface area contributed by atoms with Crippen LogP contribution in [0.4, 0.5) is 10.1 Å². The fraction of sp³-hybridized carbons (Fsp3) is 0.481. The number of anilines is 1. The summed E-state index contributed by atoms with van der Waals surface area (Å²) < 4.78 is 15.7. The second-order valence-corrected chi connectivity index (χ2v) is 11.9. The number of carbonyl (C=O) groups excluding carboxylic acids is 2. The first kappa shape index (κ1) is 27.8. The molecule has 5 atom stereocenters. The van der Waals surface area contributed by atoms with Gasteiger partial charge in [-0.05, 0) is 47.6 Å². The quantitative estimate of drug-likeness (QED) is 0.360. The molecule has 2 aromatic carbocycles. The third-order valence-electron chi connectivity index (χ3n) is 7.21. The molecule has 0 radical (unpaired) electrons. The van der Waals surface area contributed by atoms with E-state index in [2.05, 4.69) is 16.0 Å². The molecule has 2 aromatic rings. The average molecular weight is 552 g/mol. The Morgan fingerprint density at radius 1 is 1.24 bits per heavy atom. The summed E-state index contributed by atoms with van der Waals surface area (Å²) in [7, 11) is 0. The van der Waals surface area contributed by atoms with Crippen molar-refractivity contribution in [3.63, 3.8) is 0 Å². The molecule has 0 bridgehead atoms. The summed E-state index contributed by atoms with van der Waals surface area (Å²) in [6, 6.07) is 8.18. The topological polar surface area (TPSA) is 111 Å². The zero-order valence-electron chi connectivity index (χ0n) is 20.9. The Labute approximate surface area is 225 Å². The minimum atomic E-state index is -1.33. The second kappa shape index (κ2) is 10.5. The lowest BCUT2D eigenvalue weighted by Crippen LogP contribution is -2.49. The molecule has 1 saturated heterocycles. The van der Waals surface area contributed by atoms with Crippen LogP contribution in [0, 0.1) is 11.2 Å². The predicted octanol–water partition coefficient (Wildman–Crippen LogP) is 3.74. The fourth-order valence-corrected chi connectivity index (χ4v) is 6.07. The van der Waals surface area contributed by atoms with Gasteiger partial charge >= 0.3 is 0 Å². The van der Waals surface area contributed by atoms with E-state index in [1.807, 2.05) is 20.8 Å². The summed E-state index contributed by atoms with van der Waals surface area (Å²) in [5, 5.41) is 28.2. The van der Waals surface area contributed by atoms with E-state index in [1.54, 1.807) is 30.3 Å². The molecule has 5 N–H and O–H groups in total. The van der Waals surface area contributed by atoms with E-state index in [9.17, 15) is 14.7 Å². The molecule has 0 aromatic heterocycles. The maximum absolute atomic E-state index is 15.7. The van der Waals surface area contributed by atoms with Gasteiger partial charge in [-0.3, -0.25) is 9.59 Å². The van der Waals surface area contributed by atoms with Crippen LogP contribution in [0.2, 0.25) is 10.0 Å². The van der Waals surface area contributed by atoms with Crippen molar-refractivity contribution in [3.05, 3.63) is 63.4 Å². The summed E-state index contributed by atoms with van der Waals surface area (Å²) >= 11 is 12.4. The summed E-state index contributed by atoms with van der Waals surface area (Å²) in [5.41, 5.74) is -0.249. The number of amides is 2. The van der Waals surface area contributed by atoms with Crippen molar-refractivity contribution in [2.75, 3.05) is 18.5 Å². The van der Waals surface area contributed by atoms with E-state index in [1.165, 1.54) is 6.07 Å². The number of halogens is 3. The zero-order chi connectivity index (χ0) is 27.1. The molecule has 1 spiro atoms. The zero-order valence-corrected chi connectivity index (χ0v) is 22.5. The van der Waals surface area contributed by atoms with Gasteiger partial charge < -0.3 is 26.2 Å². The van der Waals surface area contributed by atoms with Crippen molar-refractivity contribution in [3.8, 4) is 0 Å². The minimum absolute atomic E-state index is 0.0960. The molecule has 2 aliphatic rings. The number of hydrogen-bond acceptors (Lipinski definition) is 5. The lowest BCUT2D eigenvalue weighted by molar-refractivity contribution is -0.124. The van der Waals surface area contributed by atoms with E-state index in [0.29, 0.717) is 22.7 Å². The molecule has 200 valence electrons. The first-order valence-corrected chi connectivity index (χ1v) is 13.0. The van der Waals surface area contributed by atoms with E-state index in [4.69, 9.17) is 28.3 Å². The van der Waals surface area contributed by atoms with Crippen molar-refractivity contribution in [2.24, 2.45) is 5.41 Å². The Hall–Kier alpha value is -2.23. The van der Waals surface area contributed by atoms with Crippen LogP contribution in [-0.2, 0) is 15.0 Å². The molecule has 1 fully saturated rings. The van der Waals surface area contributed by atoms with Gasteiger partial charge in [0.15, 0.2) is 0 Å². The normalized spacial score (nSPS) is 25.7. The summed E-state index contributed by atoms with van der Waals surface area (Å²) in [4.78, 5) is 27.6. The fourth-order valence-electron chi connectivity index (χ4n) is 5.72. The summed E-state index contributed by atoms with van der Waals surface area (Å²) in [6.07, 6.45) is -0.326. The second-order valence-electron chi connectivity index (χ2n) is 11.0. The first-order valence-electron chi connectivity index (χ1n) is 12.3. The highest BCUT2D eigenvalue weighted by molar-refractivity contribution is 6.31. The number of rotatable bonds is 7. The maximum Gasteiger partial charge on any atom is 0.237 e. The molecule has 7 nitrogen and oxygen atoms in total. The highest BCUT2D eigenvalue weighted by Gasteiger charge is 2.66. The summed E-state index contributed by atoms with van der Waals surface area (Å²) in [6.45, 7) is 5.78. The largest absolute Gasteiger partial charge is 0.394 e. The van der Waals surface area contributed by atoms with Gasteiger partial charge in [0.05, 0.1) is 23.8 Å². The number of aliphatic hydroxyl groups is 2. The number of carbonyl (C=O) groups is 2. The number of benzene rings is 2. The van der Waals surface area contributed by atoms with Crippen LogP contribution in [-0.4, -0.2) is 53.4 Å². The molecule has 0 aliphatic carbocycles. The van der Waals surface area contributed by atoms with E-state index >= 15 is 4.39 Å². The minimum Gasteiger partial charge on any atom is -0.394 e. The smallest absolute Gasteiger partial charge is 0.237 e. The standard InChI is InChI=1S/C27H32Cl2FN3O4/c1-26(2,3)12-20-27(17-8-7-14(28)11-19(17)32-25(27)37)21(16-5-4-6-18(29)22(16)30)23(33-20)24(36)31-10-9-15(35)13-34/h4-8,11,15,20-21,23,33-35H,9-10,12-13H2,1-3H3,(H,31,36)(H,32,37)/t15-,20+,21-,23+,27+/m0/s1. The van der Waals surface area contributed by atoms with Crippen LogP contribution >= 0.6 is 23.2 Å².